The first-order valence-electron chi connectivity index (χ1n) is 8.28. The molecule has 140 valence electrons. The molecule has 0 atom stereocenters. The lowest BCUT2D eigenvalue weighted by Crippen LogP contribution is -2.30. The Bertz CT molecular complexity index is 917. The Morgan fingerprint density at radius 2 is 2.00 bits per heavy atom. The molecule has 0 radical (unpaired) electrons. The molecular weight excluding hydrogens is 368 g/mol. The van der Waals surface area contributed by atoms with Gasteiger partial charge in [-0.05, 0) is 36.4 Å². The van der Waals surface area contributed by atoms with Crippen LogP contribution >= 0.6 is 11.3 Å². The number of rotatable bonds is 7. The molecule has 0 fully saturated rings. The first kappa shape index (κ1) is 18.6. The molecule has 3 aromatic rings. The Kier molecular flexibility index (Phi) is 5.82. The summed E-state index contributed by atoms with van der Waals surface area (Å²) in [7, 11) is 0. The van der Waals surface area contributed by atoms with E-state index >= 15 is 0 Å². The predicted octanol–water partition coefficient (Wildman–Crippen LogP) is 2.36. The average Bonchev–Trinajstić information content (AvgIpc) is 3.32. The maximum absolute atomic E-state index is 12.1. The monoisotopic (exact) mass is 386 g/mol. The Morgan fingerprint density at radius 1 is 1.22 bits per heavy atom. The Labute approximate surface area is 159 Å². The first-order chi connectivity index (χ1) is 13.1. The van der Waals surface area contributed by atoms with Crippen molar-refractivity contribution in [3.05, 3.63) is 52.7 Å². The van der Waals surface area contributed by atoms with Gasteiger partial charge in [-0.2, -0.15) is 0 Å². The van der Waals surface area contributed by atoms with Crippen molar-refractivity contribution in [1.82, 2.24) is 20.8 Å². The van der Waals surface area contributed by atoms with Gasteiger partial charge in [0.15, 0.2) is 11.5 Å². The second-order valence-electron chi connectivity index (χ2n) is 5.75. The summed E-state index contributed by atoms with van der Waals surface area (Å²) in [6.07, 6.45) is 1.96. The standard InChI is InChI=1S/C18H18N4O4S/c1-11-5-8-21-18(25)15(11)17(24)20-7-3-6-19-16(23)12-10-13(26-22-12)14-4-2-9-27-14/h2,4-5,8-10H,3,6-7H2,1H3,(H,19,23)(H,20,24)(H,21,25). The van der Waals surface area contributed by atoms with Crippen LogP contribution in [0.15, 0.2) is 40.4 Å². The Hall–Kier alpha value is -3.20. The first-order valence-corrected chi connectivity index (χ1v) is 9.16. The largest absolute Gasteiger partial charge is 0.493 e. The summed E-state index contributed by atoms with van der Waals surface area (Å²) < 4.78 is 5.17. The summed E-state index contributed by atoms with van der Waals surface area (Å²) in [4.78, 5) is 28.8. The molecule has 3 rings (SSSR count). The second kappa shape index (κ2) is 8.45. The van der Waals surface area contributed by atoms with Crippen molar-refractivity contribution in [2.24, 2.45) is 0 Å². The van der Waals surface area contributed by atoms with Crippen molar-refractivity contribution in [3.8, 4) is 16.5 Å². The van der Waals surface area contributed by atoms with Gasteiger partial charge in [-0.15, -0.1) is 11.3 Å². The van der Waals surface area contributed by atoms with Gasteiger partial charge >= 0.3 is 0 Å². The van der Waals surface area contributed by atoms with Crippen molar-refractivity contribution in [2.75, 3.05) is 13.1 Å². The lowest BCUT2D eigenvalue weighted by Gasteiger charge is -2.08. The predicted molar refractivity (Wildman–Crippen MR) is 99.7 cm³/mol. The van der Waals surface area contributed by atoms with Crippen molar-refractivity contribution < 1.29 is 19.2 Å². The van der Waals surface area contributed by atoms with E-state index < -0.39 is 5.91 Å². The fourth-order valence-electron chi connectivity index (χ4n) is 2.41. The lowest BCUT2D eigenvalue weighted by molar-refractivity contribution is 0.0944. The van der Waals surface area contributed by atoms with Gasteiger partial charge < -0.3 is 20.3 Å². The van der Waals surface area contributed by atoms with E-state index in [1.807, 2.05) is 17.5 Å². The quantitative estimate of drug-likeness (QED) is 0.537. The number of nitrogens with one attached hydrogen (secondary N) is 2. The topological polar surface area (TPSA) is 117 Å². The molecule has 0 spiro atoms. The number of amides is 2. The number of hydrogen-bond donors (Lipinski definition) is 3. The Morgan fingerprint density at radius 3 is 2.70 bits per heavy atom. The minimum atomic E-state index is -0.401. The van der Waals surface area contributed by atoms with Gasteiger partial charge in [0.25, 0.3) is 11.8 Å². The number of aryl methyl sites for hydroxylation is 1. The van der Waals surface area contributed by atoms with Crippen LogP contribution in [0.4, 0.5) is 0 Å². The molecule has 0 aliphatic heterocycles. The molecule has 0 saturated carbocycles. The van der Waals surface area contributed by atoms with E-state index in [-0.39, 0.29) is 23.0 Å². The normalized spacial score (nSPS) is 10.6. The molecule has 0 bridgehead atoms. The molecule has 0 aliphatic carbocycles. The molecule has 3 aromatic heterocycles. The van der Waals surface area contributed by atoms with E-state index in [2.05, 4.69) is 20.8 Å². The van der Waals surface area contributed by atoms with Crippen LogP contribution in [0.25, 0.3) is 10.6 Å². The number of aromatic hydroxyl groups is 1. The van der Waals surface area contributed by atoms with Crippen molar-refractivity contribution in [1.29, 1.82) is 0 Å². The SMILES string of the molecule is Cc1ccnc(O)c1C(=O)NCCCNC(=O)c1cc(-c2cccs2)on1. The molecule has 0 aliphatic rings. The van der Waals surface area contributed by atoms with Crippen LogP contribution in [-0.4, -0.2) is 40.2 Å². The number of carbonyl (C=O) groups excluding carboxylic acids is 2. The lowest BCUT2D eigenvalue weighted by atomic mass is 10.1. The fraction of sp³-hybridized carbons (Fsp3) is 0.222. The summed E-state index contributed by atoms with van der Waals surface area (Å²) in [5.74, 6) is -0.488. The smallest absolute Gasteiger partial charge is 0.273 e. The van der Waals surface area contributed by atoms with E-state index in [1.54, 1.807) is 19.1 Å². The van der Waals surface area contributed by atoms with Gasteiger partial charge in [0.1, 0.15) is 5.56 Å². The van der Waals surface area contributed by atoms with E-state index in [4.69, 9.17) is 4.52 Å². The zero-order valence-corrected chi connectivity index (χ0v) is 15.4. The third kappa shape index (κ3) is 4.50. The molecule has 2 amide bonds. The minimum absolute atomic E-state index is 0.158. The number of carbonyl (C=O) groups is 2. The molecule has 9 heteroatoms. The van der Waals surface area contributed by atoms with E-state index in [9.17, 15) is 14.7 Å². The van der Waals surface area contributed by atoms with Crippen LogP contribution < -0.4 is 10.6 Å². The number of hydrogen-bond acceptors (Lipinski definition) is 7. The number of aromatic nitrogens is 2. The average molecular weight is 386 g/mol. The highest BCUT2D eigenvalue weighted by atomic mass is 32.1. The van der Waals surface area contributed by atoms with Gasteiger partial charge in [0.05, 0.1) is 4.88 Å². The van der Waals surface area contributed by atoms with Crippen LogP contribution in [0.1, 0.15) is 32.8 Å². The molecule has 3 N–H and O–H groups in total. The molecule has 3 heterocycles. The van der Waals surface area contributed by atoms with Gasteiger partial charge in [-0.3, -0.25) is 9.59 Å². The summed E-state index contributed by atoms with van der Waals surface area (Å²) in [5.41, 5.74) is 1.00. The highest BCUT2D eigenvalue weighted by molar-refractivity contribution is 7.13. The zero-order chi connectivity index (χ0) is 19.2. The maximum Gasteiger partial charge on any atom is 0.273 e. The molecular formula is C18H18N4O4S. The van der Waals surface area contributed by atoms with Crippen molar-refractivity contribution >= 4 is 23.2 Å². The Balaban J connectivity index is 1.43. The van der Waals surface area contributed by atoms with Crippen LogP contribution in [0.3, 0.4) is 0 Å². The fourth-order valence-corrected chi connectivity index (χ4v) is 3.09. The van der Waals surface area contributed by atoms with E-state index in [1.165, 1.54) is 17.5 Å². The highest BCUT2D eigenvalue weighted by Crippen LogP contribution is 2.25. The maximum atomic E-state index is 12.1. The second-order valence-corrected chi connectivity index (χ2v) is 6.69. The molecule has 0 saturated heterocycles. The van der Waals surface area contributed by atoms with Crippen LogP contribution in [0, 0.1) is 6.92 Å². The van der Waals surface area contributed by atoms with Crippen LogP contribution in [0.5, 0.6) is 5.88 Å². The van der Waals surface area contributed by atoms with Gasteiger partial charge in [-0.1, -0.05) is 11.2 Å². The van der Waals surface area contributed by atoms with Crippen molar-refractivity contribution in [2.45, 2.75) is 13.3 Å². The van der Waals surface area contributed by atoms with Crippen LogP contribution in [0.2, 0.25) is 0 Å². The highest BCUT2D eigenvalue weighted by Gasteiger charge is 2.15. The van der Waals surface area contributed by atoms with E-state index in [0.717, 1.165) is 4.88 Å². The summed E-state index contributed by atoms with van der Waals surface area (Å²) >= 11 is 1.50. The summed E-state index contributed by atoms with van der Waals surface area (Å²) in [6.45, 7) is 2.42. The van der Waals surface area contributed by atoms with Crippen molar-refractivity contribution in [3.63, 3.8) is 0 Å². The van der Waals surface area contributed by atoms with Gasteiger partial charge in [0, 0.05) is 25.4 Å². The minimum Gasteiger partial charge on any atom is -0.493 e. The zero-order valence-electron chi connectivity index (χ0n) is 14.6. The molecule has 8 nitrogen and oxygen atoms in total. The third-order valence-corrected chi connectivity index (χ3v) is 4.68. The molecule has 0 unspecified atom stereocenters. The number of pyridine rings is 1. The molecule has 27 heavy (non-hydrogen) atoms. The third-order valence-electron chi connectivity index (χ3n) is 3.80. The van der Waals surface area contributed by atoms with Gasteiger partial charge in [0.2, 0.25) is 5.88 Å². The summed E-state index contributed by atoms with van der Waals surface area (Å²) in [6, 6.07) is 7.02. The van der Waals surface area contributed by atoms with Crippen LogP contribution in [-0.2, 0) is 0 Å². The number of thiophene rings is 1. The summed E-state index contributed by atoms with van der Waals surface area (Å²) in [5, 5.41) is 20.8. The number of nitrogens with zero attached hydrogens (tertiary/aromatic N) is 2. The van der Waals surface area contributed by atoms with Gasteiger partial charge in [-0.25, -0.2) is 4.98 Å². The van der Waals surface area contributed by atoms with E-state index in [0.29, 0.717) is 30.8 Å². The molecule has 0 aromatic carbocycles.